The Kier molecular flexibility index (Phi) is 4.04. The minimum Gasteiger partial charge on any atom is -0.492 e. The van der Waals surface area contributed by atoms with Crippen molar-refractivity contribution >= 4 is 33.4 Å². The first kappa shape index (κ1) is 11.7. The Bertz CT molecular complexity index is 479. The van der Waals surface area contributed by atoms with Gasteiger partial charge >= 0.3 is 0 Å². The molecule has 0 saturated heterocycles. The summed E-state index contributed by atoms with van der Waals surface area (Å²) in [5.41, 5.74) is 0. The number of benzene rings is 2. The second kappa shape index (κ2) is 5.53. The lowest BCUT2D eigenvalue weighted by Gasteiger charge is -2.09. The zero-order valence-corrected chi connectivity index (χ0v) is 11.5. The van der Waals surface area contributed by atoms with Crippen molar-refractivity contribution < 1.29 is 4.74 Å². The summed E-state index contributed by atoms with van der Waals surface area (Å²) in [6.07, 6.45) is 2.28. The summed E-state index contributed by atoms with van der Waals surface area (Å²) in [6, 6.07) is 12.6. The van der Waals surface area contributed by atoms with E-state index < -0.39 is 0 Å². The molecule has 0 atom stereocenters. The average molecular weight is 326 g/mol. The predicted molar refractivity (Wildman–Crippen MR) is 77.1 cm³/mol. The van der Waals surface area contributed by atoms with Crippen molar-refractivity contribution in [2.24, 2.45) is 0 Å². The van der Waals surface area contributed by atoms with Crippen LogP contribution in [0, 0.1) is 3.57 Å². The topological polar surface area (TPSA) is 9.23 Å². The van der Waals surface area contributed by atoms with Gasteiger partial charge in [0.05, 0.1) is 10.2 Å². The molecule has 0 spiro atoms. The first-order valence-electron chi connectivity index (χ1n) is 5.63. The molecule has 2 aromatic carbocycles. The highest BCUT2D eigenvalue weighted by Gasteiger charge is 2.04. The van der Waals surface area contributed by atoms with Crippen molar-refractivity contribution in [2.45, 2.75) is 19.8 Å². The monoisotopic (exact) mass is 326 g/mol. The number of fused-ring (bicyclic) bond motifs is 1. The molecule has 2 heteroatoms. The maximum atomic E-state index is 5.78. The Morgan fingerprint density at radius 3 is 2.75 bits per heavy atom. The lowest BCUT2D eigenvalue weighted by Crippen LogP contribution is -1.98. The molecule has 0 amide bonds. The Balaban J connectivity index is 2.29. The Morgan fingerprint density at radius 1 is 1.12 bits per heavy atom. The van der Waals surface area contributed by atoms with E-state index in [0.717, 1.165) is 18.8 Å². The van der Waals surface area contributed by atoms with Crippen molar-refractivity contribution in [1.82, 2.24) is 0 Å². The zero-order chi connectivity index (χ0) is 11.4. The van der Waals surface area contributed by atoms with Gasteiger partial charge in [-0.15, -0.1) is 0 Å². The molecule has 1 nitrogen and oxygen atoms in total. The third-order valence-electron chi connectivity index (χ3n) is 2.58. The highest BCUT2D eigenvalue weighted by Crippen LogP contribution is 2.29. The van der Waals surface area contributed by atoms with Crippen LogP contribution in [0.3, 0.4) is 0 Å². The van der Waals surface area contributed by atoms with E-state index in [2.05, 4.69) is 65.9 Å². The Morgan fingerprint density at radius 2 is 1.94 bits per heavy atom. The van der Waals surface area contributed by atoms with Crippen LogP contribution in [-0.4, -0.2) is 6.61 Å². The smallest absolute Gasteiger partial charge is 0.133 e. The fraction of sp³-hybridized carbons (Fsp3) is 0.286. The molecule has 0 radical (unpaired) electrons. The van der Waals surface area contributed by atoms with Gasteiger partial charge in [0.15, 0.2) is 0 Å². The van der Waals surface area contributed by atoms with Crippen molar-refractivity contribution in [3.05, 3.63) is 40.0 Å². The van der Waals surface area contributed by atoms with E-state index >= 15 is 0 Å². The molecule has 0 fully saturated rings. The Hall–Kier alpha value is -0.770. The zero-order valence-electron chi connectivity index (χ0n) is 9.37. The summed E-state index contributed by atoms with van der Waals surface area (Å²) in [5.74, 6) is 1.01. The molecule has 0 aliphatic carbocycles. The highest BCUT2D eigenvalue weighted by molar-refractivity contribution is 14.1. The normalized spacial score (nSPS) is 10.6. The van der Waals surface area contributed by atoms with E-state index in [0.29, 0.717) is 0 Å². The van der Waals surface area contributed by atoms with Crippen LogP contribution in [0.2, 0.25) is 0 Å². The minimum atomic E-state index is 0.810. The van der Waals surface area contributed by atoms with Gasteiger partial charge in [0.25, 0.3) is 0 Å². The van der Waals surface area contributed by atoms with E-state index in [4.69, 9.17) is 4.74 Å². The molecular formula is C14H15IO. The van der Waals surface area contributed by atoms with Crippen LogP contribution in [0.25, 0.3) is 10.8 Å². The van der Waals surface area contributed by atoms with Gasteiger partial charge in [0.1, 0.15) is 5.75 Å². The van der Waals surface area contributed by atoms with Gasteiger partial charge in [-0.25, -0.2) is 0 Å². The fourth-order valence-electron chi connectivity index (χ4n) is 1.65. The van der Waals surface area contributed by atoms with E-state index in [1.807, 2.05) is 0 Å². The molecule has 0 N–H and O–H groups in total. The largest absolute Gasteiger partial charge is 0.492 e. The van der Waals surface area contributed by atoms with E-state index in [1.54, 1.807) is 0 Å². The van der Waals surface area contributed by atoms with Gasteiger partial charge in [0.2, 0.25) is 0 Å². The van der Waals surface area contributed by atoms with Gasteiger partial charge in [-0.05, 0) is 45.9 Å². The summed E-state index contributed by atoms with van der Waals surface area (Å²) < 4.78 is 6.99. The quantitative estimate of drug-likeness (QED) is 0.588. The number of unbranched alkanes of at least 4 members (excludes halogenated alkanes) is 1. The predicted octanol–water partition coefficient (Wildman–Crippen LogP) is 4.62. The fourth-order valence-corrected chi connectivity index (χ4v) is 2.48. The number of ether oxygens (including phenoxy) is 1. The van der Waals surface area contributed by atoms with Crippen LogP contribution >= 0.6 is 22.6 Å². The van der Waals surface area contributed by atoms with E-state index in [-0.39, 0.29) is 0 Å². The highest BCUT2D eigenvalue weighted by atomic mass is 127. The molecule has 84 valence electrons. The van der Waals surface area contributed by atoms with Crippen molar-refractivity contribution in [3.8, 4) is 5.75 Å². The maximum absolute atomic E-state index is 5.78. The summed E-state index contributed by atoms with van der Waals surface area (Å²) in [4.78, 5) is 0. The van der Waals surface area contributed by atoms with Crippen molar-refractivity contribution in [3.63, 3.8) is 0 Å². The van der Waals surface area contributed by atoms with Gasteiger partial charge in [-0.2, -0.15) is 0 Å². The lowest BCUT2D eigenvalue weighted by atomic mass is 10.1. The average Bonchev–Trinajstić information content (AvgIpc) is 2.33. The molecule has 0 unspecified atom stereocenters. The number of halogens is 1. The summed E-state index contributed by atoms with van der Waals surface area (Å²) in [6.45, 7) is 2.99. The molecule has 0 aromatic heterocycles. The van der Waals surface area contributed by atoms with Crippen LogP contribution in [0.5, 0.6) is 5.75 Å². The van der Waals surface area contributed by atoms with Gasteiger partial charge in [-0.1, -0.05) is 43.7 Å². The van der Waals surface area contributed by atoms with Crippen molar-refractivity contribution in [1.29, 1.82) is 0 Å². The summed E-state index contributed by atoms with van der Waals surface area (Å²) in [5, 5.41) is 2.55. The van der Waals surface area contributed by atoms with E-state index in [1.165, 1.54) is 20.8 Å². The maximum Gasteiger partial charge on any atom is 0.133 e. The number of hydrogen-bond donors (Lipinski definition) is 0. The molecule has 2 rings (SSSR count). The first-order valence-corrected chi connectivity index (χ1v) is 6.71. The molecule has 0 aliphatic heterocycles. The standard InChI is InChI=1S/C14H15IO/c1-2-3-10-16-13-9-8-11-6-4-5-7-12(11)14(13)15/h4-9H,2-3,10H2,1H3. The van der Waals surface area contributed by atoms with Crippen molar-refractivity contribution in [2.75, 3.05) is 6.61 Å². The van der Waals surface area contributed by atoms with Crippen LogP contribution < -0.4 is 4.74 Å². The molecule has 0 saturated carbocycles. The second-order valence-corrected chi connectivity index (χ2v) is 4.88. The number of rotatable bonds is 4. The second-order valence-electron chi connectivity index (χ2n) is 3.80. The lowest BCUT2D eigenvalue weighted by molar-refractivity contribution is 0.308. The van der Waals surface area contributed by atoms with Gasteiger partial charge in [0, 0.05) is 0 Å². The molecule has 2 aromatic rings. The van der Waals surface area contributed by atoms with Crippen LogP contribution in [0.4, 0.5) is 0 Å². The van der Waals surface area contributed by atoms with Crippen LogP contribution in [0.1, 0.15) is 19.8 Å². The van der Waals surface area contributed by atoms with Crippen LogP contribution in [-0.2, 0) is 0 Å². The number of hydrogen-bond acceptors (Lipinski definition) is 1. The van der Waals surface area contributed by atoms with Gasteiger partial charge in [-0.3, -0.25) is 0 Å². The SMILES string of the molecule is CCCCOc1ccc2ccccc2c1I. The third kappa shape index (κ3) is 2.48. The summed E-state index contributed by atoms with van der Waals surface area (Å²) in [7, 11) is 0. The van der Waals surface area contributed by atoms with E-state index in [9.17, 15) is 0 Å². The van der Waals surface area contributed by atoms with Crippen LogP contribution in [0.15, 0.2) is 36.4 Å². The minimum absolute atomic E-state index is 0.810. The molecule has 0 aliphatic rings. The first-order chi connectivity index (χ1) is 7.83. The summed E-state index contributed by atoms with van der Waals surface area (Å²) >= 11 is 2.37. The molecule has 0 bridgehead atoms. The third-order valence-corrected chi connectivity index (χ3v) is 3.70. The Labute approximate surface area is 110 Å². The molecule has 16 heavy (non-hydrogen) atoms. The molecule has 0 heterocycles. The molecular weight excluding hydrogens is 311 g/mol. The van der Waals surface area contributed by atoms with Gasteiger partial charge < -0.3 is 4.74 Å².